The third-order valence-electron chi connectivity index (χ3n) is 6.66. The van der Waals surface area contributed by atoms with Crippen LogP contribution in [0.2, 0.25) is 0 Å². The Labute approximate surface area is 189 Å². The molecule has 2 atom stereocenters. The molecule has 4 aliphatic rings. The second-order valence-corrected chi connectivity index (χ2v) is 9.14. The molecular weight excluding hydrogens is 478 g/mol. The van der Waals surface area contributed by atoms with Crippen LogP contribution in [0.15, 0.2) is 12.2 Å². The molecule has 4 bridgehead atoms. The van der Waals surface area contributed by atoms with Gasteiger partial charge in [0.05, 0.1) is 5.41 Å². The van der Waals surface area contributed by atoms with E-state index in [0.717, 1.165) is 0 Å². The molecule has 2 unspecified atom stereocenters. The molecule has 4 rings (SSSR count). The van der Waals surface area contributed by atoms with Gasteiger partial charge < -0.3 is 14.2 Å². The Hall–Kier alpha value is -2.60. The highest BCUT2D eigenvalue weighted by Gasteiger charge is 2.81. The van der Waals surface area contributed by atoms with E-state index in [1.54, 1.807) is 0 Å². The normalized spacial score (nSPS) is 28.4. The second-order valence-electron chi connectivity index (χ2n) is 9.14. The van der Waals surface area contributed by atoms with Gasteiger partial charge in [0.25, 0.3) is 0 Å². The first-order valence-electron chi connectivity index (χ1n) is 10.4. The van der Waals surface area contributed by atoms with Gasteiger partial charge in [-0.2, -0.15) is 26.3 Å². The van der Waals surface area contributed by atoms with E-state index in [4.69, 9.17) is 0 Å². The van der Waals surface area contributed by atoms with Gasteiger partial charge in [0, 0.05) is 17.4 Å². The fourth-order valence-corrected chi connectivity index (χ4v) is 5.29. The maximum Gasteiger partial charge on any atom is 0.449 e. The monoisotopic (exact) mass is 500 g/mol. The summed E-state index contributed by atoms with van der Waals surface area (Å²) >= 11 is 0. The molecule has 7 nitrogen and oxygen atoms in total. The molecule has 0 heterocycles. The number of rotatable bonds is 7. The Balaban J connectivity index is 1.84. The summed E-state index contributed by atoms with van der Waals surface area (Å²) in [7, 11) is 0. The number of carbonyl (C=O) groups excluding carboxylic acids is 4. The Kier molecular flexibility index (Phi) is 6.55. The predicted molar refractivity (Wildman–Crippen MR) is 98.7 cm³/mol. The number of esters is 3. The van der Waals surface area contributed by atoms with Crippen LogP contribution in [-0.2, 0) is 33.4 Å². The van der Waals surface area contributed by atoms with Gasteiger partial charge in [-0.25, -0.2) is 9.59 Å². The average molecular weight is 500 g/mol. The zero-order valence-corrected chi connectivity index (χ0v) is 18.0. The van der Waals surface area contributed by atoms with E-state index >= 15 is 0 Å². The van der Waals surface area contributed by atoms with Crippen LogP contribution >= 0.6 is 0 Å². The van der Waals surface area contributed by atoms with Crippen LogP contribution < -0.4 is 0 Å². The number of ketones is 1. The molecule has 190 valence electrons. The maximum atomic E-state index is 13.8. The van der Waals surface area contributed by atoms with E-state index in [2.05, 4.69) is 20.8 Å². The number of hydrogen-bond donors (Lipinski definition) is 0. The number of hydrogen-bond acceptors (Lipinski definition) is 7. The zero-order valence-electron chi connectivity index (χ0n) is 18.0. The van der Waals surface area contributed by atoms with Crippen molar-refractivity contribution in [2.45, 2.75) is 57.0 Å². The third kappa shape index (κ3) is 4.28. The standard InChI is InChI=1S/C21H22F6O7/c1-10(2)15(29)32-3-4-33-17(31)19(20(22,23)24,21(25,26)27)34-16(30)18-7-11-5-12(8-18)14(28)13(6-11)9-18/h11-13H,1,3-9H2,2H3. The van der Waals surface area contributed by atoms with Crippen LogP contribution in [-0.4, -0.2) is 54.9 Å². The lowest BCUT2D eigenvalue weighted by molar-refractivity contribution is -0.362. The molecule has 0 N–H and O–H groups in total. The Morgan fingerprint density at radius 2 is 1.44 bits per heavy atom. The summed E-state index contributed by atoms with van der Waals surface area (Å²) in [6.45, 7) is 2.46. The SMILES string of the molecule is C=C(C)C(=O)OCCOC(=O)C(OC(=O)C12CC3CC(C1)C(=O)C(C3)C2)(C(F)(F)F)C(F)(F)F. The van der Waals surface area contributed by atoms with Crippen LogP contribution in [0, 0.1) is 23.2 Å². The van der Waals surface area contributed by atoms with Gasteiger partial charge in [-0.15, -0.1) is 0 Å². The van der Waals surface area contributed by atoms with Crippen molar-refractivity contribution in [3.05, 3.63) is 12.2 Å². The molecule has 0 aliphatic heterocycles. The lowest BCUT2D eigenvalue weighted by atomic mass is 9.49. The van der Waals surface area contributed by atoms with Crippen LogP contribution in [0.25, 0.3) is 0 Å². The summed E-state index contributed by atoms with van der Waals surface area (Å²) < 4.78 is 95.5. The number of alkyl halides is 6. The van der Waals surface area contributed by atoms with Gasteiger partial charge >= 0.3 is 35.9 Å². The fourth-order valence-electron chi connectivity index (χ4n) is 5.29. The van der Waals surface area contributed by atoms with Crippen molar-refractivity contribution < 1.29 is 59.7 Å². The molecule has 4 fully saturated rings. The smallest absolute Gasteiger partial charge is 0.449 e. The molecule has 34 heavy (non-hydrogen) atoms. The third-order valence-corrected chi connectivity index (χ3v) is 6.66. The van der Waals surface area contributed by atoms with Crippen molar-refractivity contribution in [1.82, 2.24) is 0 Å². The van der Waals surface area contributed by atoms with E-state index in [-0.39, 0.29) is 36.5 Å². The van der Waals surface area contributed by atoms with Crippen LogP contribution in [0.3, 0.4) is 0 Å². The van der Waals surface area contributed by atoms with E-state index in [1.807, 2.05) is 0 Å². The largest absolute Gasteiger partial charge is 0.459 e. The Morgan fingerprint density at radius 3 is 1.91 bits per heavy atom. The molecule has 4 saturated carbocycles. The number of carbonyl (C=O) groups is 4. The Bertz CT molecular complexity index is 874. The van der Waals surface area contributed by atoms with E-state index in [1.165, 1.54) is 6.92 Å². The van der Waals surface area contributed by atoms with E-state index in [0.29, 0.717) is 12.8 Å². The number of halogens is 6. The van der Waals surface area contributed by atoms with Gasteiger partial charge in [-0.05, 0) is 44.9 Å². The summed E-state index contributed by atoms with van der Waals surface area (Å²) in [4.78, 5) is 48.6. The first-order chi connectivity index (χ1) is 15.5. The van der Waals surface area contributed by atoms with Gasteiger partial charge in [0.15, 0.2) is 0 Å². The Morgan fingerprint density at radius 1 is 0.941 bits per heavy atom. The summed E-state index contributed by atoms with van der Waals surface area (Å²) in [5.41, 5.74) is -7.40. The highest BCUT2D eigenvalue weighted by molar-refractivity contribution is 5.92. The lowest BCUT2D eigenvalue weighted by Crippen LogP contribution is -2.67. The minimum atomic E-state index is -6.41. The number of ether oxygens (including phenoxy) is 3. The van der Waals surface area contributed by atoms with Crippen molar-refractivity contribution in [2.24, 2.45) is 23.2 Å². The molecule has 13 heteroatoms. The minimum Gasteiger partial charge on any atom is -0.459 e. The molecule has 0 aromatic heterocycles. The molecule has 0 saturated heterocycles. The molecule has 0 aromatic rings. The van der Waals surface area contributed by atoms with Gasteiger partial charge in [0.1, 0.15) is 19.0 Å². The first kappa shape index (κ1) is 26.0. The minimum absolute atomic E-state index is 0.0240. The van der Waals surface area contributed by atoms with Crippen LogP contribution in [0.5, 0.6) is 0 Å². The first-order valence-corrected chi connectivity index (χ1v) is 10.4. The highest BCUT2D eigenvalue weighted by atomic mass is 19.4. The molecule has 0 radical (unpaired) electrons. The summed E-state index contributed by atoms with van der Waals surface area (Å²) in [6, 6.07) is 0. The summed E-state index contributed by atoms with van der Waals surface area (Å²) in [5, 5.41) is 0. The lowest BCUT2D eigenvalue weighted by Gasteiger charge is -2.54. The molecule has 4 aliphatic carbocycles. The summed E-state index contributed by atoms with van der Waals surface area (Å²) in [6.07, 6.45) is -12.5. The second kappa shape index (κ2) is 8.56. The van der Waals surface area contributed by atoms with Crippen molar-refractivity contribution in [2.75, 3.05) is 13.2 Å². The van der Waals surface area contributed by atoms with E-state index < -0.39 is 66.3 Å². The molecule has 0 spiro atoms. The van der Waals surface area contributed by atoms with Crippen LogP contribution in [0.4, 0.5) is 26.3 Å². The molecular formula is C21H22F6O7. The van der Waals surface area contributed by atoms with Crippen molar-refractivity contribution in [1.29, 1.82) is 0 Å². The molecule has 0 amide bonds. The quantitative estimate of drug-likeness (QED) is 0.174. The van der Waals surface area contributed by atoms with Gasteiger partial charge in [0.2, 0.25) is 0 Å². The van der Waals surface area contributed by atoms with Crippen LogP contribution in [0.1, 0.15) is 39.0 Å². The summed E-state index contributed by atoms with van der Waals surface area (Å²) in [5.74, 6) is -7.38. The number of Topliss-reactive ketones (excluding diaryl/α,β-unsaturated/α-hetero) is 1. The van der Waals surface area contributed by atoms with E-state index in [9.17, 15) is 45.5 Å². The fraction of sp³-hybridized carbons (Fsp3) is 0.714. The van der Waals surface area contributed by atoms with Gasteiger partial charge in [-0.3, -0.25) is 9.59 Å². The molecule has 0 aromatic carbocycles. The topological polar surface area (TPSA) is 96.0 Å². The predicted octanol–water partition coefficient (Wildman–Crippen LogP) is 3.45. The zero-order chi connectivity index (χ0) is 25.7. The average Bonchev–Trinajstić information content (AvgIpc) is 2.69. The van der Waals surface area contributed by atoms with Crippen molar-refractivity contribution >= 4 is 23.7 Å². The highest BCUT2D eigenvalue weighted by Crippen LogP contribution is 2.60. The van der Waals surface area contributed by atoms with Crippen molar-refractivity contribution in [3.63, 3.8) is 0 Å². The maximum absolute atomic E-state index is 13.8. The van der Waals surface area contributed by atoms with Gasteiger partial charge in [-0.1, -0.05) is 6.58 Å². The van der Waals surface area contributed by atoms with Crippen molar-refractivity contribution in [3.8, 4) is 0 Å².